The molecule has 1 amide bonds. The van der Waals surface area contributed by atoms with Gasteiger partial charge in [-0.05, 0) is 47.0 Å². The lowest BCUT2D eigenvalue weighted by Crippen LogP contribution is -2.11. The largest absolute Gasteiger partial charge is 0.469 e. The van der Waals surface area contributed by atoms with Crippen molar-refractivity contribution >= 4 is 28.9 Å². The molecule has 7 heteroatoms. The number of benzene rings is 2. The van der Waals surface area contributed by atoms with Gasteiger partial charge in [-0.25, -0.2) is 4.98 Å². The predicted octanol–water partition coefficient (Wildman–Crippen LogP) is 3.91. The van der Waals surface area contributed by atoms with Gasteiger partial charge in [0.1, 0.15) is 0 Å². The first-order valence-corrected chi connectivity index (χ1v) is 8.57. The van der Waals surface area contributed by atoms with Gasteiger partial charge in [0.15, 0.2) is 0 Å². The van der Waals surface area contributed by atoms with Crippen molar-refractivity contribution in [2.45, 2.75) is 6.42 Å². The third-order valence-corrected chi connectivity index (χ3v) is 4.50. The predicted molar refractivity (Wildman–Crippen MR) is 103 cm³/mol. The van der Waals surface area contributed by atoms with E-state index in [0.717, 1.165) is 11.1 Å². The number of aromatic nitrogens is 1. The molecule has 0 saturated heterocycles. The van der Waals surface area contributed by atoms with E-state index in [-0.39, 0.29) is 18.3 Å². The van der Waals surface area contributed by atoms with Crippen LogP contribution in [0.15, 0.2) is 54.7 Å². The van der Waals surface area contributed by atoms with Crippen LogP contribution in [-0.2, 0) is 16.0 Å². The highest BCUT2D eigenvalue weighted by Crippen LogP contribution is 2.35. The molecule has 1 aliphatic heterocycles. The van der Waals surface area contributed by atoms with Crippen molar-refractivity contribution in [3.05, 3.63) is 71.8 Å². The molecular formula is C21H16FN3O3. The number of rotatable bonds is 3. The van der Waals surface area contributed by atoms with Crippen molar-refractivity contribution in [3.63, 3.8) is 0 Å². The van der Waals surface area contributed by atoms with E-state index in [2.05, 4.69) is 20.4 Å². The number of esters is 1. The molecule has 2 heterocycles. The first kappa shape index (κ1) is 17.7. The maximum atomic E-state index is 13.4. The molecule has 0 radical (unpaired) electrons. The molecule has 4 rings (SSSR count). The highest BCUT2D eigenvalue weighted by atomic mass is 19.1. The zero-order valence-electron chi connectivity index (χ0n) is 15.0. The minimum Gasteiger partial charge on any atom is -0.469 e. The molecule has 0 spiro atoms. The smallest absolute Gasteiger partial charge is 0.309 e. The lowest BCUT2D eigenvalue weighted by Gasteiger charge is -2.11. The summed E-state index contributed by atoms with van der Waals surface area (Å²) < 4.78 is 18.1. The summed E-state index contributed by atoms with van der Waals surface area (Å²) in [6.45, 7) is 0. The van der Waals surface area contributed by atoms with Crippen LogP contribution < -0.4 is 10.6 Å². The van der Waals surface area contributed by atoms with Gasteiger partial charge in [0.2, 0.25) is 5.95 Å². The Morgan fingerprint density at radius 3 is 2.61 bits per heavy atom. The molecule has 6 nitrogen and oxygen atoms in total. The van der Waals surface area contributed by atoms with Crippen molar-refractivity contribution in [2.24, 2.45) is 0 Å². The number of nitrogens with zero attached hydrogens (tertiary/aromatic N) is 1. The number of anilines is 3. The highest BCUT2D eigenvalue weighted by molar-refractivity contribution is 6.12. The lowest BCUT2D eigenvalue weighted by atomic mass is 10.0. The number of ether oxygens (including phenoxy) is 1. The van der Waals surface area contributed by atoms with Crippen LogP contribution in [0.3, 0.4) is 0 Å². The Bertz CT molecular complexity index is 1100. The third kappa shape index (κ3) is 3.42. The highest BCUT2D eigenvalue weighted by Gasteiger charge is 2.20. The van der Waals surface area contributed by atoms with Gasteiger partial charge in [-0.15, -0.1) is 0 Å². The van der Waals surface area contributed by atoms with E-state index in [0.29, 0.717) is 28.2 Å². The summed E-state index contributed by atoms with van der Waals surface area (Å²) in [7, 11) is 1.33. The normalized spacial score (nSPS) is 12.1. The van der Waals surface area contributed by atoms with Crippen LogP contribution in [0.25, 0.3) is 11.1 Å². The van der Waals surface area contributed by atoms with E-state index in [4.69, 9.17) is 0 Å². The lowest BCUT2D eigenvalue weighted by molar-refractivity contribution is -0.139. The Hall–Kier alpha value is -3.74. The Balaban J connectivity index is 1.71. The Morgan fingerprint density at radius 1 is 1.00 bits per heavy atom. The first-order valence-electron chi connectivity index (χ1n) is 8.57. The van der Waals surface area contributed by atoms with Gasteiger partial charge in [0, 0.05) is 12.3 Å². The average molecular weight is 377 g/mol. The molecule has 140 valence electrons. The molecule has 2 aromatic carbocycles. The second kappa shape index (κ2) is 7.11. The maximum Gasteiger partial charge on any atom is 0.309 e. The van der Waals surface area contributed by atoms with Gasteiger partial charge in [-0.3, -0.25) is 9.59 Å². The van der Waals surface area contributed by atoms with Crippen molar-refractivity contribution < 1.29 is 18.7 Å². The third-order valence-electron chi connectivity index (χ3n) is 4.50. The number of nitrogens with one attached hydrogen (secondary N) is 2. The number of halogens is 1. The quantitative estimate of drug-likeness (QED) is 0.534. The fraction of sp³-hybridized carbons (Fsp3) is 0.0952. The fourth-order valence-corrected chi connectivity index (χ4v) is 3.09. The molecule has 0 atom stereocenters. The number of amides is 1. The van der Waals surface area contributed by atoms with Gasteiger partial charge in [0.05, 0.1) is 36.2 Å². The number of carbonyl (C=O) groups is 2. The van der Waals surface area contributed by atoms with E-state index in [9.17, 15) is 14.0 Å². The number of pyridine rings is 1. The van der Waals surface area contributed by atoms with E-state index in [1.165, 1.54) is 19.4 Å². The fourth-order valence-electron chi connectivity index (χ4n) is 3.09. The molecule has 1 aromatic heterocycles. The molecule has 0 aliphatic carbocycles. The summed E-state index contributed by atoms with van der Waals surface area (Å²) in [5, 5.41) is 6.10. The molecule has 2 N–H and O–H groups in total. The number of methoxy groups -OCH3 is 1. The second-order valence-electron chi connectivity index (χ2n) is 6.34. The first-order chi connectivity index (χ1) is 13.5. The Labute approximate surface area is 160 Å². The summed E-state index contributed by atoms with van der Waals surface area (Å²) in [5.74, 6) is -1.20. The minimum atomic E-state index is -0.568. The molecule has 28 heavy (non-hydrogen) atoms. The van der Waals surface area contributed by atoms with Crippen LogP contribution in [0.4, 0.5) is 21.5 Å². The minimum absolute atomic E-state index is 0.115. The summed E-state index contributed by atoms with van der Waals surface area (Å²) in [6, 6.07) is 13.6. The molecule has 0 unspecified atom stereocenters. The topological polar surface area (TPSA) is 80.3 Å². The summed E-state index contributed by atoms with van der Waals surface area (Å²) in [4.78, 5) is 27.7. The number of hydrogen-bond acceptors (Lipinski definition) is 5. The zero-order chi connectivity index (χ0) is 19.7. The van der Waals surface area contributed by atoms with Gasteiger partial charge in [0.25, 0.3) is 5.91 Å². The van der Waals surface area contributed by atoms with Crippen LogP contribution in [-0.4, -0.2) is 24.0 Å². The second-order valence-corrected chi connectivity index (χ2v) is 6.34. The van der Waals surface area contributed by atoms with Crippen LogP contribution >= 0.6 is 0 Å². The van der Waals surface area contributed by atoms with E-state index < -0.39 is 5.95 Å². The summed E-state index contributed by atoms with van der Waals surface area (Å²) >= 11 is 0. The van der Waals surface area contributed by atoms with Crippen LogP contribution in [0.5, 0.6) is 0 Å². The molecule has 0 saturated carbocycles. The van der Waals surface area contributed by atoms with E-state index >= 15 is 0 Å². The molecule has 0 bridgehead atoms. The molecule has 3 aromatic rings. The van der Waals surface area contributed by atoms with E-state index in [1.54, 1.807) is 42.5 Å². The van der Waals surface area contributed by atoms with Gasteiger partial charge >= 0.3 is 5.97 Å². The van der Waals surface area contributed by atoms with Crippen molar-refractivity contribution in [2.75, 3.05) is 17.7 Å². The monoisotopic (exact) mass is 377 g/mol. The van der Waals surface area contributed by atoms with Crippen molar-refractivity contribution in [3.8, 4) is 11.1 Å². The molecule has 1 aliphatic rings. The standard InChI is InChI=1S/C21H16FN3O3/c1-28-20(26)9-12-2-5-16-18(8-12)25-21(27)15-4-3-13(10-17(15)24-16)14-6-7-23-19(22)11-14/h2-8,10-11,24H,9H2,1H3,(H,25,27). The van der Waals surface area contributed by atoms with E-state index in [1.807, 2.05) is 0 Å². The maximum absolute atomic E-state index is 13.4. The number of carbonyl (C=O) groups excluding carboxylic acids is 2. The molecular weight excluding hydrogens is 361 g/mol. The average Bonchev–Trinajstić information content (AvgIpc) is 2.83. The van der Waals surface area contributed by atoms with Crippen LogP contribution in [0.1, 0.15) is 15.9 Å². The van der Waals surface area contributed by atoms with Crippen molar-refractivity contribution in [1.82, 2.24) is 4.98 Å². The van der Waals surface area contributed by atoms with Crippen LogP contribution in [0, 0.1) is 5.95 Å². The van der Waals surface area contributed by atoms with Crippen molar-refractivity contribution in [1.29, 1.82) is 0 Å². The van der Waals surface area contributed by atoms with Crippen LogP contribution in [0.2, 0.25) is 0 Å². The SMILES string of the molecule is COC(=O)Cc1ccc2c(c1)NC(=O)c1ccc(-c3ccnc(F)c3)cc1N2. The summed E-state index contributed by atoms with van der Waals surface area (Å²) in [5.41, 5.74) is 4.47. The van der Waals surface area contributed by atoms with Gasteiger partial charge in [-0.1, -0.05) is 12.1 Å². The number of hydrogen-bond donors (Lipinski definition) is 2. The molecule has 0 fully saturated rings. The van der Waals surface area contributed by atoms with Gasteiger partial charge < -0.3 is 15.4 Å². The van der Waals surface area contributed by atoms with Gasteiger partial charge in [-0.2, -0.15) is 4.39 Å². The summed E-state index contributed by atoms with van der Waals surface area (Å²) in [6.07, 6.45) is 1.51. The zero-order valence-corrected chi connectivity index (χ0v) is 15.0. The Kier molecular flexibility index (Phi) is 4.49. The number of fused-ring (bicyclic) bond motifs is 2. The Morgan fingerprint density at radius 2 is 1.82 bits per heavy atom.